The highest BCUT2D eigenvalue weighted by atomic mass is 16.3. The van der Waals surface area contributed by atoms with Crippen molar-refractivity contribution < 1.29 is 5.11 Å². The maximum absolute atomic E-state index is 10.0. The van der Waals surface area contributed by atoms with Gasteiger partial charge in [-0.2, -0.15) is 0 Å². The van der Waals surface area contributed by atoms with Crippen LogP contribution >= 0.6 is 0 Å². The quantitative estimate of drug-likeness (QED) is 0.803. The molecule has 0 bridgehead atoms. The first-order chi connectivity index (χ1) is 8.66. The summed E-state index contributed by atoms with van der Waals surface area (Å²) in [6.45, 7) is 7.75. The molecule has 1 heterocycles. The van der Waals surface area contributed by atoms with Gasteiger partial charge in [-0.05, 0) is 30.5 Å². The van der Waals surface area contributed by atoms with Gasteiger partial charge in [0.1, 0.15) is 0 Å². The number of para-hydroxylation sites is 1. The van der Waals surface area contributed by atoms with Crippen molar-refractivity contribution in [2.45, 2.75) is 26.4 Å². The van der Waals surface area contributed by atoms with Crippen molar-refractivity contribution in [3.05, 3.63) is 29.8 Å². The van der Waals surface area contributed by atoms with E-state index in [4.69, 9.17) is 0 Å². The molecule has 0 fully saturated rings. The molecule has 18 heavy (non-hydrogen) atoms. The summed E-state index contributed by atoms with van der Waals surface area (Å²) in [7, 11) is 0. The average Bonchev–Trinajstić information content (AvgIpc) is 2.72. The third-order valence-electron chi connectivity index (χ3n) is 3.35. The average molecular weight is 248 g/mol. The molecule has 0 spiro atoms. The van der Waals surface area contributed by atoms with Gasteiger partial charge in [0.15, 0.2) is 0 Å². The lowest BCUT2D eigenvalue weighted by Gasteiger charge is -2.23. The van der Waals surface area contributed by atoms with E-state index in [-0.39, 0.29) is 6.10 Å². The third kappa shape index (κ3) is 3.47. The first-order valence-electron chi connectivity index (χ1n) is 6.88. The van der Waals surface area contributed by atoms with Crippen molar-refractivity contribution in [1.29, 1.82) is 0 Å². The Morgan fingerprint density at radius 2 is 2.06 bits per heavy atom. The van der Waals surface area contributed by atoms with Gasteiger partial charge in [0.2, 0.25) is 0 Å². The number of β-amino-alcohol motifs (C(OH)–C–C–N with tert-alkyl or cyclic N) is 1. The van der Waals surface area contributed by atoms with E-state index >= 15 is 0 Å². The number of benzene rings is 1. The number of rotatable bonds is 6. The van der Waals surface area contributed by atoms with Crippen LogP contribution in [0.5, 0.6) is 0 Å². The molecule has 2 N–H and O–H groups in total. The van der Waals surface area contributed by atoms with Crippen LogP contribution in [0.2, 0.25) is 0 Å². The Hall–Kier alpha value is -1.06. The number of aliphatic hydroxyl groups is 1. The first-order valence-corrected chi connectivity index (χ1v) is 6.88. The summed E-state index contributed by atoms with van der Waals surface area (Å²) in [5.74, 6) is 0.629. The van der Waals surface area contributed by atoms with Crippen LogP contribution < -0.4 is 10.2 Å². The highest BCUT2D eigenvalue weighted by Gasteiger charge is 2.20. The molecule has 1 aromatic rings. The van der Waals surface area contributed by atoms with E-state index in [0.29, 0.717) is 12.5 Å². The zero-order chi connectivity index (χ0) is 13.0. The van der Waals surface area contributed by atoms with Crippen LogP contribution in [0, 0.1) is 5.92 Å². The van der Waals surface area contributed by atoms with Crippen LogP contribution in [0.15, 0.2) is 24.3 Å². The minimum Gasteiger partial charge on any atom is -0.390 e. The molecule has 2 rings (SSSR count). The molecule has 1 aromatic carbocycles. The van der Waals surface area contributed by atoms with Crippen molar-refractivity contribution >= 4 is 5.69 Å². The van der Waals surface area contributed by atoms with Crippen LogP contribution in [0.3, 0.4) is 0 Å². The summed E-state index contributed by atoms with van der Waals surface area (Å²) in [5, 5.41) is 13.3. The molecule has 0 radical (unpaired) electrons. The van der Waals surface area contributed by atoms with Gasteiger partial charge < -0.3 is 15.3 Å². The lowest BCUT2D eigenvalue weighted by Crippen LogP contribution is -2.38. The number of fused-ring (bicyclic) bond motifs is 1. The minimum absolute atomic E-state index is 0.296. The Morgan fingerprint density at radius 1 is 1.28 bits per heavy atom. The molecule has 1 atom stereocenters. The van der Waals surface area contributed by atoms with Gasteiger partial charge in [0, 0.05) is 25.3 Å². The second-order valence-electron chi connectivity index (χ2n) is 5.53. The third-order valence-corrected chi connectivity index (χ3v) is 3.35. The fourth-order valence-corrected chi connectivity index (χ4v) is 2.45. The molecular weight excluding hydrogens is 224 g/mol. The minimum atomic E-state index is -0.296. The molecule has 0 saturated heterocycles. The van der Waals surface area contributed by atoms with Crippen molar-refractivity contribution in [1.82, 2.24) is 5.32 Å². The van der Waals surface area contributed by atoms with E-state index in [9.17, 15) is 5.11 Å². The molecule has 0 amide bonds. The Bertz CT molecular complexity index is 379. The predicted octanol–water partition coefficient (Wildman–Crippen LogP) is 1.66. The summed E-state index contributed by atoms with van der Waals surface area (Å²) in [4.78, 5) is 2.29. The Balaban J connectivity index is 1.80. The molecule has 100 valence electrons. The second-order valence-corrected chi connectivity index (χ2v) is 5.53. The van der Waals surface area contributed by atoms with Gasteiger partial charge in [-0.1, -0.05) is 32.0 Å². The van der Waals surface area contributed by atoms with E-state index in [1.165, 1.54) is 11.3 Å². The van der Waals surface area contributed by atoms with Gasteiger partial charge in [0.05, 0.1) is 6.10 Å². The van der Waals surface area contributed by atoms with Crippen LogP contribution in [-0.2, 0) is 6.42 Å². The summed E-state index contributed by atoms with van der Waals surface area (Å²) >= 11 is 0. The van der Waals surface area contributed by atoms with E-state index in [0.717, 1.165) is 26.1 Å². The zero-order valence-corrected chi connectivity index (χ0v) is 11.4. The van der Waals surface area contributed by atoms with E-state index in [1.807, 2.05) is 0 Å². The SMILES string of the molecule is CC(C)CNCC(O)CN1CCc2ccccc21. The molecule has 1 aliphatic rings. The zero-order valence-electron chi connectivity index (χ0n) is 11.4. The molecule has 3 heteroatoms. The topological polar surface area (TPSA) is 35.5 Å². The normalized spacial score (nSPS) is 16.1. The van der Waals surface area contributed by atoms with Crippen LogP contribution in [-0.4, -0.2) is 37.4 Å². The van der Waals surface area contributed by atoms with Gasteiger partial charge >= 0.3 is 0 Å². The molecule has 0 saturated carbocycles. The van der Waals surface area contributed by atoms with E-state index < -0.39 is 0 Å². The van der Waals surface area contributed by atoms with Gasteiger partial charge in [-0.15, -0.1) is 0 Å². The Morgan fingerprint density at radius 3 is 2.83 bits per heavy atom. The smallest absolute Gasteiger partial charge is 0.0839 e. The molecule has 0 aliphatic carbocycles. The van der Waals surface area contributed by atoms with Crippen LogP contribution in [0.4, 0.5) is 5.69 Å². The second kappa shape index (κ2) is 6.21. The van der Waals surface area contributed by atoms with Crippen molar-refractivity contribution in [2.24, 2.45) is 5.92 Å². The lowest BCUT2D eigenvalue weighted by atomic mass is 10.2. The van der Waals surface area contributed by atoms with E-state index in [1.54, 1.807) is 0 Å². The number of aliphatic hydroxyl groups excluding tert-OH is 1. The number of nitrogens with zero attached hydrogens (tertiary/aromatic N) is 1. The molecule has 1 unspecified atom stereocenters. The lowest BCUT2D eigenvalue weighted by molar-refractivity contribution is 0.176. The summed E-state index contributed by atoms with van der Waals surface area (Å²) < 4.78 is 0. The monoisotopic (exact) mass is 248 g/mol. The highest BCUT2D eigenvalue weighted by molar-refractivity contribution is 5.57. The maximum Gasteiger partial charge on any atom is 0.0839 e. The first kappa shape index (κ1) is 13.4. The predicted molar refractivity (Wildman–Crippen MR) is 76.1 cm³/mol. The largest absolute Gasteiger partial charge is 0.390 e. The number of anilines is 1. The Kier molecular flexibility index (Phi) is 4.61. The maximum atomic E-state index is 10.0. The summed E-state index contributed by atoms with van der Waals surface area (Å²) in [6.07, 6.45) is 0.803. The molecular formula is C15H24N2O. The fourth-order valence-electron chi connectivity index (χ4n) is 2.45. The van der Waals surface area contributed by atoms with Gasteiger partial charge in [0.25, 0.3) is 0 Å². The van der Waals surface area contributed by atoms with Crippen molar-refractivity contribution in [3.8, 4) is 0 Å². The standard InChI is InChI=1S/C15H24N2O/c1-12(2)9-16-10-14(18)11-17-8-7-13-5-3-4-6-15(13)17/h3-6,12,14,16,18H,7-11H2,1-2H3. The molecule has 3 nitrogen and oxygen atoms in total. The number of nitrogens with one attached hydrogen (secondary N) is 1. The Labute approximate surface area is 110 Å². The molecule has 1 aliphatic heterocycles. The molecule has 0 aromatic heterocycles. The van der Waals surface area contributed by atoms with Gasteiger partial charge in [-0.3, -0.25) is 0 Å². The number of hydrogen-bond donors (Lipinski definition) is 2. The summed E-state index contributed by atoms with van der Waals surface area (Å²) in [6, 6.07) is 8.48. The van der Waals surface area contributed by atoms with Crippen LogP contribution in [0.25, 0.3) is 0 Å². The van der Waals surface area contributed by atoms with Crippen LogP contribution in [0.1, 0.15) is 19.4 Å². The number of hydrogen-bond acceptors (Lipinski definition) is 3. The van der Waals surface area contributed by atoms with E-state index in [2.05, 4.69) is 48.3 Å². The van der Waals surface area contributed by atoms with Crippen molar-refractivity contribution in [2.75, 3.05) is 31.1 Å². The van der Waals surface area contributed by atoms with Gasteiger partial charge in [-0.25, -0.2) is 0 Å². The fraction of sp³-hybridized carbons (Fsp3) is 0.600. The van der Waals surface area contributed by atoms with Crippen molar-refractivity contribution in [3.63, 3.8) is 0 Å². The summed E-state index contributed by atoms with van der Waals surface area (Å²) in [5.41, 5.74) is 2.69. The highest BCUT2D eigenvalue weighted by Crippen LogP contribution is 2.27.